The molecule has 0 bridgehead atoms. The van der Waals surface area contributed by atoms with Crippen molar-refractivity contribution in [1.29, 1.82) is 0 Å². The van der Waals surface area contributed by atoms with Gasteiger partial charge in [-0.05, 0) is 36.6 Å². The van der Waals surface area contributed by atoms with Gasteiger partial charge in [0.1, 0.15) is 10.9 Å². The van der Waals surface area contributed by atoms with Crippen LogP contribution in [0.5, 0.6) is 11.5 Å². The van der Waals surface area contributed by atoms with Gasteiger partial charge in [0.2, 0.25) is 0 Å². The van der Waals surface area contributed by atoms with Crippen LogP contribution in [0.2, 0.25) is 0 Å². The van der Waals surface area contributed by atoms with Crippen molar-refractivity contribution in [3.8, 4) is 11.5 Å². The first-order valence-electron chi connectivity index (χ1n) is 8.97. The van der Waals surface area contributed by atoms with Gasteiger partial charge in [0.15, 0.2) is 11.5 Å². The molecular weight excluding hydrogens is 398 g/mol. The van der Waals surface area contributed by atoms with E-state index >= 15 is 0 Å². The molecule has 3 rings (SSSR count). The Morgan fingerprint density at radius 1 is 1.39 bits per heavy atom. The molecule has 0 aromatic heterocycles. The molecule has 148 valence electrons. The molecule has 1 N–H and O–H groups in total. The molecule has 8 heteroatoms. The molecule has 2 aliphatic rings. The van der Waals surface area contributed by atoms with Gasteiger partial charge in [0, 0.05) is 18.5 Å². The van der Waals surface area contributed by atoms with Crippen molar-refractivity contribution in [1.82, 2.24) is 4.90 Å². The number of carboxylic acids is 1. The molecule has 1 saturated heterocycles. The molecule has 0 aliphatic carbocycles. The van der Waals surface area contributed by atoms with Crippen molar-refractivity contribution in [3.63, 3.8) is 0 Å². The van der Waals surface area contributed by atoms with Gasteiger partial charge >= 0.3 is 5.97 Å². The Balaban J connectivity index is 1.65. The number of aliphatic carboxylic acids is 1. The molecule has 0 atom stereocenters. The number of carbonyl (C=O) groups excluding carboxylic acids is 1. The van der Waals surface area contributed by atoms with Crippen LogP contribution in [-0.2, 0) is 9.59 Å². The molecule has 1 aromatic carbocycles. The van der Waals surface area contributed by atoms with Crippen LogP contribution in [0.4, 0.5) is 0 Å². The number of ether oxygens (including phenoxy) is 2. The minimum absolute atomic E-state index is 0.106. The van der Waals surface area contributed by atoms with E-state index in [-0.39, 0.29) is 12.3 Å². The van der Waals surface area contributed by atoms with E-state index in [4.69, 9.17) is 26.8 Å². The molecule has 2 aliphatic heterocycles. The number of para-hydroxylation sites is 1. The van der Waals surface area contributed by atoms with Crippen molar-refractivity contribution >= 4 is 46.3 Å². The first kappa shape index (κ1) is 20.4. The van der Waals surface area contributed by atoms with Gasteiger partial charge in [0.25, 0.3) is 5.91 Å². The lowest BCUT2D eigenvalue weighted by molar-refractivity contribution is -0.137. The number of thioether (sulfide) groups is 1. The van der Waals surface area contributed by atoms with Gasteiger partial charge < -0.3 is 14.6 Å². The summed E-state index contributed by atoms with van der Waals surface area (Å²) < 4.78 is 11.7. The van der Waals surface area contributed by atoms with Crippen molar-refractivity contribution in [2.75, 3.05) is 20.3 Å². The van der Waals surface area contributed by atoms with Crippen LogP contribution >= 0.6 is 24.0 Å². The van der Waals surface area contributed by atoms with Crippen molar-refractivity contribution in [3.05, 3.63) is 40.3 Å². The zero-order valence-electron chi connectivity index (χ0n) is 15.5. The average molecular weight is 420 g/mol. The summed E-state index contributed by atoms with van der Waals surface area (Å²) in [5.41, 5.74) is 1.80. The number of amides is 1. The van der Waals surface area contributed by atoms with Gasteiger partial charge in [-0.25, -0.2) is 0 Å². The summed E-state index contributed by atoms with van der Waals surface area (Å²) in [6.45, 7) is 0.865. The molecular formula is C20H21NO5S2. The zero-order chi connectivity index (χ0) is 20.1. The second kappa shape index (κ2) is 9.25. The highest BCUT2D eigenvalue weighted by Gasteiger charge is 2.32. The summed E-state index contributed by atoms with van der Waals surface area (Å²) in [4.78, 5) is 25.4. The molecule has 0 unspecified atom stereocenters. The first-order chi connectivity index (χ1) is 13.5. The minimum Gasteiger partial charge on any atom is -0.493 e. The number of carbonyl (C=O) groups is 2. The first-order valence-corrected chi connectivity index (χ1v) is 10.2. The van der Waals surface area contributed by atoms with Crippen molar-refractivity contribution in [2.24, 2.45) is 0 Å². The smallest absolute Gasteiger partial charge is 0.303 e. The van der Waals surface area contributed by atoms with Crippen molar-refractivity contribution < 1.29 is 24.2 Å². The molecule has 6 nitrogen and oxygen atoms in total. The van der Waals surface area contributed by atoms with Crippen LogP contribution in [0.3, 0.4) is 0 Å². The number of thiocarbonyl (C=S) groups is 1. The van der Waals surface area contributed by atoms with E-state index in [1.54, 1.807) is 12.0 Å². The van der Waals surface area contributed by atoms with E-state index in [0.717, 1.165) is 24.0 Å². The van der Waals surface area contributed by atoms with Gasteiger partial charge in [-0.1, -0.05) is 42.5 Å². The molecule has 1 fully saturated rings. The number of hydrogen-bond acceptors (Lipinski definition) is 6. The van der Waals surface area contributed by atoms with Crippen molar-refractivity contribution in [2.45, 2.75) is 25.7 Å². The minimum atomic E-state index is -0.796. The maximum Gasteiger partial charge on any atom is 0.303 e. The number of carboxylic acid groups (broad SMARTS) is 1. The van der Waals surface area contributed by atoms with Crippen LogP contribution in [0.15, 0.2) is 34.8 Å². The van der Waals surface area contributed by atoms with Crippen LogP contribution < -0.4 is 9.47 Å². The molecule has 0 saturated carbocycles. The lowest BCUT2D eigenvalue weighted by Crippen LogP contribution is -2.29. The van der Waals surface area contributed by atoms with Crippen LogP contribution in [0, 0.1) is 0 Å². The van der Waals surface area contributed by atoms with Gasteiger partial charge in [-0.3, -0.25) is 14.5 Å². The second-order valence-corrected chi connectivity index (χ2v) is 8.10. The number of benzene rings is 1. The van der Waals surface area contributed by atoms with E-state index in [2.05, 4.69) is 0 Å². The number of unbranched alkanes of at least 4 members (excludes halogenated alkanes) is 2. The largest absolute Gasteiger partial charge is 0.493 e. The predicted octanol–water partition coefficient (Wildman–Crippen LogP) is 3.86. The highest BCUT2D eigenvalue weighted by Crippen LogP contribution is 2.37. The number of fused-ring (bicyclic) bond motifs is 1. The average Bonchev–Trinajstić information content (AvgIpc) is 2.94. The summed E-state index contributed by atoms with van der Waals surface area (Å²) >= 11 is 6.63. The SMILES string of the molecule is COc1cccc2c1OCC(C=C1SC(=S)N(CCCCCC(=O)O)C1=O)=C2. The Morgan fingerprint density at radius 3 is 2.96 bits per heavy atom. The third-order valence-electron chi connectivity index (χ3n) is 4.42. The summed E-state index contributed by atoms with van der Waals surface area (Å²) in [6.07, 6.45) is 6.05. The summed E-state index contributed by atoms with van der Waals surface area (Å²) in [7, 11) is 1.60. The fourth-order valence-corrected chi connectivity index (χ4v) is 4.35. The highest BCUT2D eigenvalue weighted by atomic mass is 32.2. The molecule has 0 spiro atoms. The highest BCUT2D eigenvalue weighted by molar-refractivity contribution is 8.26. The lowest BCUT2D eigenvalue weighted by Gasteiger charge is -2.18. The molecule has 0 radical (unpaired) electrons. The summed E-state index contributed by atoms with van der Waals surface area (Å²) in [5, 5.41) is 8.67. The second-order valence-electron chi connectivity index (χ2n) is 6.42. The van der Waals surface area contributed by atoms with Crippen LogP contribution in [0.25, 0.3) is 6.08 Å². The Labute approximate surface area is 173 Å². The molecule has 2 heterocycles. The van der Waals surface area contributed by atoms with E-state index in [9.17, 15) is 9.59 Å². The monoisotopic (exact) mass is 419 g/mol. The van der Waals surface area contributed by atoms with Gasteiger partial charge in [-0.15, -0.1) is 0 Å². The summed E-state index contributed by atoms with van der Waals surface area (Å²) in [6, 6.07) is 5.68. The molecule has 28 heavy (non-hydrogen) atoms. The third kappa shape index (κ3) is 4.74. The Hall–Kier alpha value is -2.32. The maximum atomic E-state index is 12.7. The van der Waals surface area contributed by atoms with Crippen LogP contribution in [0.1, 0.15) is 31.2 Å². The standard InChI is InChI=1S/C20H21NO5S2/c1-25-15-7-5-6-14-10-13(12-26-18(14)15)11-16-19(24)21(20(27)28-16)9-4-2-3-8-17(22)23/h5-7,10-11H,2-4,8-9,12H2,1H3,(H,22,23). The normalized spacial score (nSPS) is 17.4. The quantitative estimate of drug-likeness (QED) is 0.389. The van der Waals surface area contributed by atoms with E-state index in [0.29, 0.717) is 40.3 Å². The predicted molar refractivity (Wildman–Crippen MR) is 113 cm³/mol. The van der Waals surface area contributed by atoms with E-state index in [1.807, 2.05) is 30.4 Å². The maximum absolute atomic E-state index is 12.7. The summed E-state index contributed by atoms with van der Waals surface area (Å²) in [5.74, 6) is 0.486. The number of nitrogens with zero attached hydrogens (tertiary/aromatic N) is 1. The number of rotatable bonds is 8. The lowest BCUT2D eigenvalue weighted by atomic mass is 10.1. The Bertz CT molecular complexity index is 862. The molecule has 1 amide bonds. The fourth-order valence-electron chi connectivity index (χ4n) is 3.03. The number of methoxy groups -OCH3 is 1. The number of hydrogen-bond donors (Lipinski definition) is 1. The van der Waals surface area contributed by atoms with Gasteiger partial charge in [0.05, 0.1) is 12.0 Å². The topological polar surface area (TPSA) is 76.1 Å². The third-order valence-corrected chi connectivity index (χ3v) is 5.79. The molecule has 1 aromatic rings. The zero-order valence-corrected chi connectivity index (χ0v) is 17.1. The van der Waals surface area contributed by atoms with Crippen LogP contribution in [-0.4, -0.2) is 46.5 Å². The van der Waals surface area contributed by atoms with Gasteiger partial charge in [-0.2, -0.15) is 0 Å². The van der Waals surface area contributed by atoms with E-state index in [1.165, 1.54) is 11.8 Å². The fraction of sp³-hybridized carbons (Fsp3) is 0.350. The Kier molecular flexibility index (Phi) is 6.74. The van der Waals surface area contributed by atoms with E-state index < -0.39 is 5.97 Å². The Morgan fingerprint density at radius 2 is 2.21 bits per heavy atom.